The lowest BCUT2D eigenvalue weighted by Crippen LogP contribution is -2.64. The van der Waals surface area contributed by atoms with Gasteiger partial charge in [0.1, 0.15) is 0 Å². The number of fused-ring (bicyclic) bond motifs is 1. The van der Waals surface area contributed by atoms with Crippen LogP contribution >= 0.6 is 0 Å². The van der Waals surface area contributed by atoms with Crippen LogP contribution in [0.25, 0.3) is 10.9 Å². The molecule has 1 aromatic heterocycles. The van der Waals surface area contributed by atoms with Crippen LogP contribution in [0.2, 0.25) is 18.1 Å². The number of ether oxygens (including phenoxy) is 1. The fraction of sp³-hybridized carbons (Fsp3) is 0.615. The molecule has 0 atom stereocenters. The van der Waals surface area contributed by atoms with E-state index in [9.17, 15) is 9.59 Å². The fourth-order valence-corrected chi connectivity index (χ4v) is 6.13. The first-order valence-corrected chi connectivity index (χ1v) is 14.6. The van der Waals surface area contributed by atoms with E-state index in [4.69, 9.17) is 9.26 Å². The standard InChI is InChI=1S/C26H40N2O4Si/c1-24(2,3)33(9,10)32-28-25(4,5)15-18(16-26(28,6)7)27-17-20(22(29)23(30)31-8)19-13-11-12-14-21(19)27/h11-14,17-18H,15-16H2,1-10H3. The first kappa shape index (κ1) is 25.7. The van der Waals surface area contributed by atoms with Gasteiger partial charge in [-0.1, -0.05) is 39.0 Å². The first-order valence-electron chi connectivity index (χ1n) is 11.7. The molecule has 1 aromatic carbocycles. The summed E-state index contributed by atoms with van der Waals surface area (Å²) in [5.74, 6) is -1.44. The van der Waals surface area contributed by atoms with E-state index >= 15 is 0 Å². The zero-order chi connectivity index (χ0) is 25.0. The van der Waals surface area contributed by atoms with Crippen molar-refractivity contribution >= 4 is 31.0 Å². The summed E-state index contributed by atoms with van der Waals surface area (Å²) in [6, 6.07) is 7.93. The topological polar surface area (TPSA) is 60.8 Å². The first-order chi connectivity index (χ1) is 15.0. The number of methoxy groups -OCH3 is 1. The Balaban J connectivity index is 2.02. The second-order valence-corrected chi connectivity index (χ2v) is 16.8. The largest absolute Gasteiger partial charge is 0.463 e. The van der Waals surface area contributed by atoms with Crippen molar-refractivity contribution in [1.29, 1.82) is 0 Å². The molecule has 1 aliphatic rings. The SMILES string of the molecule is COC(=O)C(=O)c1cn(C2CC(C)(C)N(O[Si](C)(C)C(C)(C)C)C(C)(C)C2)c2ccccc12. The minimum atomic E-state index is -2.02. The number of aromatic nitrogens is 1. The number of carbonyl (C=O) groups is 2. The van der Waals surface area contributed by atoms with Gasteiger partial charge in [-0.05, 0) is 64.7 Å². The van der Waals surface area contributed by atoms with Gasteiger partial charge in [0, 0.05) is 34.2 Å². The van der Waals surface area contributed by atoms with Crippen LogP contribution in [0.3, 0.4) is 0 Å². The molecule has 33 heavy (non-hydrogen) atoms. The summed E-state index contributed by atoms with van der Waals surface area (Å²) in [4.78, 5) is 24.7. The van der Waals surface area contributed by atoms with Crippen LogP contribution in [-0.4, -0.2) is 47.9 Å². The Hall–Kier alpha value is -1.96. The Labute approximate surface area is 199 Å². The molecule has 182 valence electrons. The molecule has 0 amide bonds. The smallest absolute Gasteiger partial charge is 0.379 e. The molecule has 1 fully saturated rings. The second kappa shape index (κ2) is 8.36. The maximum atomic E-state index is 12.7. The molecule has 1 aliphatic heterocycles. The minimum absolute atomic E-state index is 0.107. The Kier molecular flexibility index (Phi) is 6.50. The van der Waals surface area contributed by atoms with E-state index in [1.165, 1.54) is 7.11 Å². The van der Waals surface area contributed by atoms with E-state index in [1.807, 2.05) is 30.5 Å². The monoisotopic (exact) mass is 472 g/mol. The van der Waals surface area contributed by atoms with Gasteiger partial charge in [-0.15, -0.1) is 0 Å². The molecule has 0 aliphatic carbocycles. The average Bonchev–Trinajstić information content (AvgIpc) is 3.08. The Morgan fingerprint density at radius 3 is 2.09 bits per heavy atom. The highest BCUT2D eigenvalue weighted by atomic mass is 28.4. The van der Waals surface area contributed by atoms with Gasteiger partial charge < -0.3 is 13.8 Å². The summed E-state index contributed by atoms with van der Waals surface area (Å²) in [5, 5.41) is 3.14. The lowest BCUT2D eigenvalue weighted by atomic mass is 9.79. The number of nitrogens with zero attached hydrogens (tertiary/aromatic N) is 2. The van der Waals surface area contributed by atoms with E-state index in [-0.39, 0.29) is 22.2 Å². The number of benzene rings is 1. The number of ketones is 1. The molecular formula is C26H40N2O4Si. The number of Topliss-reactive ketones (excluding diaryl/α,β-unsaturated/α-hetero) is 1. The van der Waals surface area contributed by atoms with E-state index < -0.39 is 20.1 Å². The number of esters is 1. The predicted octanol–water partition coefficient (Wildman–Crippen LogP) is 6.13. The van der Waals surface area contributed by atoms with Gasteiger partial charge in [0.15, 0.2) is 0 Å². The molecule has 0 radical (unpaired) electrons. The van der Waals surface area contributed by atoms with Crippen LogP contribution in [0.15, 0.2) is 30.5 Å². The van der Waals surface area contributed by atoms with Crippen molar-refractivity contribution in [3.63, 3.8) is 0 Å². The van der Waals surface area contributed by atoms with Crippen LogP contribution in [0.4, 0.5) is 0 Å². The van der Waals surface area contributed by atoms with Crippen LogP contribution in [0, 0.1) is 0 Å². The third-order valence-electron chi connectivity index (χ3n) is 7.44. The van der Waals surface area contributed by atoms with E-state index in [1.54, 1.807) is 0 Å². The maximum Gasteiger partial charge on any atom is 0.379 e. The molecule has 7 heteroatoms. The summed E-state index contributed by atoms with van der Waals surface area (Å²) in [6.07, 6.45) is 3.55. The maximum absolute atomic E-state index is 12.7. The Morgan fingerprint density at radius 2 is 1.58 bits per heavy atom. The van der Waals surface area contributed by atoms with Gasteiger partial charge in [-0.2, -0.15) is 5.06 Å². The van der Waals surface area contributed by atoms with Crippen molar-refractivity contribution in [1.82, 2.24) is 9.63 Å². The van der Waals surface area contributed by atoms with E-state index in [0.29, 0.717) is 5.56 Å². The fourth-order valence-electron chi connectivity index (χ4n) is 4.91. The molecule has 3 rings (SSSR count). The van der Waals surface area contributed by atoms with Crippen molar-refractivity contribution in [2.75, 3.05) is 7.11 Å². The highest BCUT2D eigenvalue weighted by Gasteiger charge is 2.51. The van der Waals surface area contributed by atoms with Gasteiger partial charge in [0.2, 0.25) is 8.32 Å². The molecule has 6 nitrogen and oxygen atoms in total. The molecule has 0 N–H and O–H groups in total. The lowest BCUT2D eigenvalue weighted by Gasteiger charge is -2.57. The molecule has 2 aromatic rings. The number of piperidine rings is 1. The molecule has 0 bridgehead atoms. The number of carbonyl (C=O) groups excluding carboxylic acids is 2. The predicted molar refractivity (Wildman–Crippen MR) is 135 cm³/mol. The Bertz CT molecular complexity index is 1040. The quantitative estimate of drug-likeness (QED) is 0.227. The van der Waals surface area contributed by atoms with Gasteiger partial charge in [-0.25, -0.2) is 4.79 Å². The summed E-state index contributed by atoms with van der Waals surface area (Å²) in [6.45, 7) is 20.3. The lowest BCUT2D eigenvalue weighted by molar-refractivity contribution is -0.234. The van der Waals surface area contributed by atoms with E-state index in [2.05, 4.69) is 71.2 Å². The molecule has 1 saturated heterocycles. The van der Waals surface area contributed by atoms with Crippen molar-refractivity contribution in [3.05, 3.63) is 36.0 Å². The van der Waals surface area contributed by atoms with Gasteiger partial charge in [-0.3, -0.25) is 4.79 Å². The summed E-state index contributed by atoms with van der Waals surface area (Å²) in [7, 11) is -0.781. The molecule has 0 saturated carbocycles. The molecule has 0 spiro atoms. The average molecular weight is 473 g/mol. The number of para-hydroxylation sites is 1. The Morgan fingerprint density at radius 1 is 1.03 bits per heavy atom. The minimum Gasteiger partial charge on any atom is -0.463 e. The van der Waals surface area contributed by atoms with Crippen molar-refractivity contribution in [2.24, 2.45) is 0 Å². The van der Waals surface area contributed by atoms with Crippen LogP contribution in [0.1, 0.15) is 77.7 Å². The third kappa shape index (κ3) is 4.68. The number of hydrogen-bond donors (Lipinski definition) is 0. The zero-order valence-electron chi connectivity index (χ0n) is 21.9. The number of hydrogen-bond acceptors (Lipinski definition) is 5. The van der Waals surface area contributed by atoms with Crippen molar-refractivity contribution in [2.45, 2.75) is 96.6 Å². The van der Waals surface area contributed by atoms with Gasteiger partial charge in [0.05, 0.1) is 12.7 Å². The highest BCUT2D eigenvalue weighted by molar-refractivity contribution is 6.74. The summed E-state index contributed by atoms with van der Waals surface area (Å²) < 4.78 is 13.8. The number of hydroxylamine groups is 2. The van der Waals surface area contributed by atoms with Crippen LogP contribution in [0.5, 0.6) is 0 Å². The molecule has 0 unspecified atom stereocenters. The molecular weight excluding hydrogens is 432 g/mol. The third-order valence-corrected chi connectivity index (χ3v) is 11.7. The van der Waals surface area contributed by atoms with Crippen LogP contribution < -0.4 is 0 Å². The van der Waals surface area contributed by atoms with E-state index in [0.717, 1.165) is 23.7 Å². The van der Waals surface area contributed by atoms with Gasteiger partial charge >= 0.3 is 5.97 Å². The molecule has 2 heterocycles. The van der Waals surface area contributed by atoms with Crippen molar-refractivity contribution < 1.29 is 18.9 Å². The number of rotatable bonds is 5. The normalized spacial score (nSPS) is 19.6. The summed E-state index contributed by atoms with van der Waals surface area (Å²) >= 11 is 0. The summed E-state index contributed by atoms with van der Waals surface area (Å²) in [5.41, 5.74) is 0.910. The van der Waals surface area contributed by atoms with Crippen molar-refractivity contribution in [3.8, 4) is 0 Å². The zero-order valence-corrected chi connectivity index (χ0v) is 22.9. The second-order valence-electron chi connectivity index (χ2n) is 12.1. The van der Waals surface area contributed by atoms with Crippen LogP contribution in [-0.2, 0) is 14.1 Å². The van der Waals surface area contributed by atoms with Gasteiger partial charge in [0.25, 0.3) is 5.78 Å². The highest BCUT2D eigenvalue weighted by Crippen LogP contribution is 2.48.